The fourth-order valence-corrected chi connectivity index (χ4v) is 4.59. The summed E-state index contributed by atoms with van der Waals surface area (Å²) in [7, 11) is 0. The molecule has 0 aromatic carbocycles. The Hall–Kier alpha value is -1.86. The number of rotatable bonds is 6. The molecule has 1 saturated heterocycles. The molecule has 0 unspecified atom stereocenters. The summed E-state index contributed by atoms with van der Waals surface area (Å²) in [5, 5.41) is 12.9. The second-order valence-electron chi connectivity index (χ2n) is 7.87. The van der Waals surface area contributed by atoms with Crippen molar-refractivity contribution < 1.29 is 0 Å². The Kier molecular flexibility index (Phi) is 6.09. The monoisotopic (exact) mass is 369 g/mol. The molecule has 1 atom stereocenters. The molecule has 2 aromatic rings. The average molecular weight is 370 g/mol. The lowest BCUT2D eigenvalue weighted by atomic mass is 9.95. The van der Waals surface area contributed by atoms with Crippen molar-refractivity contribution in [3.05, 3.63) is 35.9 Å². The van der Waals surface area contributed by atoms with Crippen molar-refractivity contribution in [2.45, 2.75) is 64.1 Å². The SMILES string of the molecule is CC[C@@H](c1nnnn1C1CCCCC1)N1CCN(Cc2ccncc2)CC1. The zero-order valence-corrected chi connectivity index (χ0v) is 16.4. The molecule has 1 aliphatic carbocycles. The Balaban J connectivity index is 1.39. The van der Waals surface area contributed by atoms with E-state index in [1.807, 2.05) is 12.4 Å². The number of tetrazole rings is 1. The van der Waals surface area contributed by atoms with Gasteiger partial charge in [-0.2, -0.15) is 0 Å². The third kappa shape index (κ3) is 4.35. The quantitative estimate of drug-likeness (QED) is 0.780. The summed E-state index contributed by atoms with van der Waals surface area (Å²) in [5.74, 6) is 1.08. The Morgan fingerprint density at radius 1 is 1.04 bits per heavy atom. The maximum Gasteiger partial charge on any atom is 0.168 e. The molecule has 2 aromatic heterocycles. The van der Waals surface area contributed by atoms with E-state index in [0.29, 0.717) is 12.1 Å². The highest BCUT2D eigenvalue weighted by molar-refractivity contribution is 5.09. The molecule has 27 heavy (non-hydrogen) atoms. The minimum absolute atomic E-state index is 0.324. The van der Waals surface area contributed by atoms with Crippen LogP contribution in [0.25, 0.3) is 0 Å². The molecule has 1 aliphatic heterocycles. The fraction of sp³-hybridized carbons (Fsp3) is 0.700. The summed E-state index contributed by atoms with van der Waals surface area (Å²) in [6, 6.07) is 5.04. The smallest absolute Gasteiger partial charge is 0.168 e. The first-order chi connectivity index (χ1) is 13.3. The van der Waals surface area contributed by atoms with Gasteiger partial charge >= 0.3 is 0 Å². The van der Waals surface area contributed by atoms with Gasteiger partial charge in [-0.3, -0.25) is 14.8 Å². The normalized spacial score (nSPS) is 21.4. The van der Waals surface area contributed by atoms with Crippen LogP contribution in [0.3, 0.4) is 0 Å². The molecule has 0 radical (unpaired) electrons. The van der Waals surface area contributed by atoms with E-state index in [1.54, 1.807) is 0 Å². The van der Waals surface area contributed by atoms with Crippen LogP contribution in [0.15, 0.2) is 24.5 Å². The van der Waals surface area contributed by atoms with Gasteiger partial charge in [0.15, 0.2) is 5.82 Å². The van der Waals surface area contributed by atoms with Crippen LogP contribution in [-0.2, 0) is 6.54 Å². The zero-order valence-electron chi connectivity index (χ0n) is 16.4. The van der Waals surface area contributed by atoms with E-state index in [0.717, 1.165) is 45.0 Å². The first kappa shape index (κ1) is 18.5. The maximum absolute atomic E-state index is 4.46. The van der Waals surface area contributed by atoms with Crippen LogP contribution in [0.1, 0.15) is 68.9 Å². The molecule has 1 saturated carbocycles. The summed E-state index contributed by atoms with van der Waals surface area (Å²) in [5.41, 5.74) is 1.34. The molecule has 0 N–H and O–H groups in total. The standard InChI is InChI=1S/C20H31N7/c1-2-19(20-22-23-24-27(20)18-6-4-3-5-7-18)26-14-12-25(13-15-26)16-17-8-10-21-11-9-17/h8-11,18-19H,2-7,12-16H2,1H3/t19-/m0/s1. The molecular weight excluding hydrogens is 338 g/mol. The lowest BCUT2D eigenvalue weighted by Gasteiger charge is -2.39. The Morgan fingerprint density at radius 2 is 1.78 bits per heavy atom. The first-order valence-corrected chi connectivity index (χ1v) is 10.5. The number of nitrogens with zero attached hydrogens (tertiary/aromatic N) is 7. The van der Waals surface area contributed by atoms with Crippen LogP contribution >= 0.6 is 0 Å². The molecule has 2 fully saturated rings. The third-order valence-electron chi connectivity index (χ3n) is 6.13. The van der Waals surface area contributed by atoms with Gasteiger partial charge < -0.3 is 0 Å². The molecule has 0 amide bonds. The van der Waals surface area contributed by atoms with E-state index in [2.05, 4.69) is 54.0 Å². The minimum Gasteiger partial charge on any atom is -0.297 e. The minimum atomic E-state index is 0.324. The number of pyridine rings is 1. The fourth-order valence-electron chi connectivity index (χ4n) is 4.59. The zero-order chi connectivity index (χ0) is 18.5. The van der Waals surface area contributed by atoms with Gasteiger partial charge in [-0.1, -0.05) is 26.2 Å². The number of hydrogen-bond acceptors (Lipinski definition) is 6. The van der Waals surface area contributed by atoms with Crippen LogP contribution in [0.5, 0.6) is 0 Å². The van der Waals surface area contributed by atoms with Crippen molar-refractivity contribution in [3.8, 4) is 0 Å². The average Bonchev–Trinajstić information content (AvgIpc) is 3.21. The highest BCUT2D eigenvalue weighted by Gasteiger charge is 2.30. The Bertz CT molecular complexity index is 687. The molecular formula is C20H31N7. The maximum atomic E-state index is 4.46. The van der Waals surface area contributed by atoms with Gasteiger partial charge in [-0.05, 0) is 47.4 Å². The van der Waals surface area contributed by atoms with Crippen molar-refractivity contribution in [2.75, 3.05) is 26.2 Å². The van der Waals surface area contributed by atoms with E-state index in [-0.39, 0.29) is 0 Å². The Labute approximate surface area is 161 Å². The lowest BCUT2D eigenvalue weighted by molar-refractivity contribution is 0.0827. The third-order valence-corrected chi connectivity index (χ3v) is 6.13. The van der Waals surface area contributed by atoms with Crippen molar-refractivity contribution in [1.82, 2.24) is 35.0 Å². The molecule has 3 heterocycles. The number of hydrogen-bond donors (Lipinski definition) is 0. The lowest BCUT2D eigenvalue weighted by Crippen LogP contribution is -2.47. The van der Waals surface area contributed by atoms with Crippen molar-refractivity contribution in [1.29, 1.82) is 0 Å². The van der Waals surface area contributed by atoms with Gasteiger partial charge in [0.25, 0.3) is 0 Å². The molecule has 0 spiro atoms. The second-order valence-corrected chi connectivity index (χ2v) is 7.87. The summed E-state index contributed by atoms with van der Waals surface area (Å²) < 4.78 is 2.15. The van der Waals surface area contributed by atoms with Crippen molar-refractivity contribution in [2.24, 2.45) is 0 Å². The highest BCUT2D eigenvalue weighted by Crippen LogP contribution is 2.31. The van der Waals surface area contributed by atoms with E-state index < -0.39 is 0 Å². The van der Waals surface area contributed by atoms with Gasteiger partial charge in [-0.25, -0.2) is 4.68 Å². The largest absolute Gasteiger partial charge is 0.297 e. The molecule has 0 bridgehead atoms. The molecule has 2 aliphatic rings. The summed E-state index contributed by atoms with van der Waals surface area (Å²) in [6.45, 7) is 7.58. The van der Waals surface area contributed by atoms with Crippen LogP contribution in [0.2, 0.25) is 0 Å². The number of aromatic nitrogens is 5. The molecule has 146 valence electrons. The van der Waals surface area contributed by atoms with Crippen LogP contribution < -0.4 is 0 Å². The van der Waals surface area contributed by atoms with Crippen LogP contribution in [0, 0.1) is 0 Å². The summed E-state index contributed by atoms with van der Waals surface area (Å²) >= 11 is 0. The van der Waals surface area contributed by atoms with Gasteiger partial charge in [0.1, 0.15) is 0 Å². The van der Waals surface area contributed by atoms with Gasteiger partial charge in [0.2, 0.25) is 0 Å². The van der Waals surface area contributed by atoms with E-state index in [9.17, 15) is 0 Å². The van der Waals surface area contributed by atoms with E-state index in [1.165, 1.54) is 37.7 Å². The van der Waals surface area contributed by atoms with Gasteiger partial charge in [0.05, 0.1) is 12.1 Å². The molecule has 7 nitrogen and oxygen atoms in total. The predicted molar refractivity (Wildman–Crippen MR) is 104 cm³/mol. The molecule has 4 rings (SSSR count). The predicted octanol–water partition coefficient (Wildman–Crippen LogP) is 2.84. The van der Waals surface area contributed by atoms with Crippen molar-refractivity contribution >= 4 is 0 Å². The van der Waals surface area contributed by atoms with Crippen LogP contribution in [-0.4, -0.2) is 61.2 Å². The van der Waals surface area contributed by atoms with Crippen LogP contribution in [0.4, 0.5) is 0 Å². The molecule has 7 heteroatoms. The number of piperazine rings is 1. The van der Waals surface area contributed by atoms with Crippen molar-refractivity contribution in [3.63, 3.8) is 0 Å². The van der Waals surface area contributed by atoms with E-state index >= 15 is 0 Å². The second kappa shape index (κ2) is 8.89. The topological polar surface area (TPSA) is 63.0 Å². The highest BCUT2D eigenvalue weighted by atomic mass is 15.6. The first-order valence-electron chi connectivity index (χ1n) is 10.5. The van der Waals surface area contributed by atoms with E-state index in [4.69, 9.17) is 0 Å². The van der Waals surface area contributed by atoms with Gasteiger partial charge in [-0.15, -0.1) is 5.10 Å². The summed E-state index contributed by atoms with van der Waals surface area (Å²) in [4.78, 5) is 9.22. The summed E-state index contributed by atoms with van der Waals surface area (Å²) in [6.07, 6.45) is 11.2. The Morgan fingerprint density at radius 3 is 2.48 bits per heavy atom. The van der Waals surface area contributed by atoms with Gasteiger partial charge in [0, 0.05) is 45.1 Å².